The number of hydrogen-bond donors (Lipinski definition) is 1. The topological polar surface area (TPSA) is 83.0 Å². The number of halogens is 1. The number of carbonyl (C=O) groups excluding carboxylic acids is 1. The molecule has 7 heteroatoms. The maximum Gasteiger partial charge on any atom is 0.326 e. The van der Waals surface area contributed by atoms with Gasteiger partial charge in [0.25, 0.3) is 0 Å². The van der Waals surface area contributed by atoms with Crippen LogP contribution in [0.3, 0.4) is 0 Å². The van der Waals surface area contributed by atoms with E-state index in [1.54, 1.807) is 0 Å². The van der Waals surface area contributed by atoms with Crippen molar-refractivity contribution >= 4 is 49.7 Å². The Morgan fingerprint density at radius 3 is 3.00 bits per heavy atom. The van der Waals surface area contributed by atoms with Gasteiger partial charge in [0.15, 0.2) is 0 Å². The fourth-order valence-electron chi connectivity index (χ4n) is 2.58. The number of aromatic nitrogens is 3. The van der Waals surface area contributed by atoms with Crippen LogP contribution in [0.1, 0.15) is 19.8 Å². The van der Waals surface area contributed by atoms with Crippen molar-refractivity contribution < 1.29 is 9.53 Å². The molecule has 0 aliphatic carbocycles. The van der Waals surface area contributed by atoms with Crippen LogP contribution in [0.25, 0.3) is 21.9 Å². The predicted molar refractivity (Wildman–Crippen MR) is 93.0 cm³/mol. The molecular formula is C16H17BrN4O2. The number of esters is 1. The minimum atomic E-state index is -0.280. The first-order chi connectivity index (χ1) is 11.1. The Labute approximate surface area is 141 Å². The molecular weight excluding hydrogens is 360 g/mol. The van der Waals surface area contributed by atoms with Crippen molar-refractivity contribution in [3.05, 3.63) is 29.0 Å². The van der Waals surface area contributed by atoms with Gasteiger partial charge in [-0.2, -0.15) is 0 Å². The third-order valence-electron chi connectivity index (χ3n) is 3.68. The number of nitrogens with zero attached hydrogens (tertiary/aromatic N) is 3. The minimum Gasteiger partial charge on any atom is -0.464 e. The molecule has 1 aromatic carbocycles. The molecule has 0 radical (unpaired) electrons. The highest BCUT2D eigenvalue weighted by molar-refractivity contribution is 9.10. The third kappa shape index (κ3) is 3.01. The summed E-state index contributed by atoms with van der Waals surface area (Å²) in [6, 6.07) is 5.81. The first kappa shape index (κ1) is 15.7. The molecule has 0 bridgehead atoms. The van der Waals surface area contributed by atoms with Gasteiger partial charge in [-0.3, -0.25) is 4.79 Å². The van der Waals surface area contributed by atoms with Gasteiger partial charge in [-0.15, -0.1) is 0 Å². The fourth-order valence-corrected chi connectivity index (χ4v) is 2.94. The summed E-state index contributed by atoms with van der Waals surface area (Å²) in [5.74, 6) is 0.119. The Hall–Kier alpha value is -2.15. The van der Waals surface area contributed by atoms with Crippen molar-refractivity contribution in [3.8, 4) is 0 Å². The number of ether oxygens (including phenoxy) is 1. The zero-order valence-electron chi connectivity index (χ0n) is 12.8. The third-order valence-corrected chi connectivity index (χ3v) is 4.17. The number of carbonyl (C=O) groups is 1. The fraction of sp³-hybridized carbons (Fsp3) is 0.312. The number of nitrogen functional groups attached to an aromatic ring is 1. The second-order valence-electron chi connectivity index (χ2n) is 5.28. The van der Waals surface area contributed by atoms with E-state index in [1.807, 2.05) is 22.8 Å². The van der Waals surface area contributed by atoms with E-state index in [4.69, 9.17) is 10.5 Å². The first-order valence-corrected chi connectivity index (χ1v) is 8.24. The molecule has 0 saturated carbocycles. The Bertz CT molecular complexity index is 875. The monoisotopic (exact) mass is 376 g/mol. The van der Waals surface area contributed by atoms with Crippen LogP contribution in [0.15, 0.2) is 29.0 Å². The summed E-state index contributed by atoms with van der Waals surface area (Å²) >= 11 is 3.46. The number of benzene rings is 1. The Balaban J connectivity index is 2.07. The number of anilines is 1. The van der Waals surface area contributed by atoms with Crippen LogP contribution in [0.4, 0.5) is 5.82 Å². The van der Waals surface area contributed by atoms with Crippen molar-refractivity contribution in [3.63, 3.8) is 0 Å². The van der Waals surface area contributed by atoms with Crippen molar-refractivity contribution in [2.24, 2.45) is 0 Å². The normalized spacial score (nSPS) is 11.2. The van der Waals surface area contributed by atoms with Gasteiger partial charge in [-0.05, 0) is 24.6 Å². The highest BCUT2D eigenvalue weighted by atomic mass is 79.9. The van der Waals surface area contributed by atoms with Gasteiger partial charge in [0, 0.05) is 9.86 Å². The lowest BCUT2D eigenvalue weighted by molar-refractivity contribution is -0.144. The molecule has 0 fully saturated rings. The van der Waals surface area contributed by atoms with Gasteiger partial charge in [-0.25, -0.2) is 9.97 Å². The summed E-state index contributed by atoms with van der Waals surface area (Å²) in [5.41, 5.74) is 7.53. The van der Waals surface area contributed by atoms with Crippen LogP contribution in [0.2, 0.25) is 0 Å². The largest absolute Gasteiger partial charge is 0.464 e. The highest BCUT2D eigenvalue weighted by Crippen LogP contribution is 2.32. The molecule has 6 nitrogen and oxygen atoms in total. The number of nitrogens with two attached hydrogens (primary N) is 1. The van der Waals surface area contributed by atoms with Crippen LogP contribution < -0.4 is 5.73 Å². The van der Waals surface area contributed by atoms with E-state index in [1.165, 1.54) is 6.33 Å². The Morgan fingerprint density at radius 1 is 1.39 bits per heavy atom. The first-order valence-electron chi connectivity index (χ1n) is 7.45. The molecule has 0 aliphatic rings. The van der Waals surface area contributed by atoms with Crippen molar-refractivity contribution in [2.75, 3.05) is 12.3 Å². The quantitative estimate of drug-likeness (QED) is 0.545. The summed E-state index contributed by atoms with van der Waals surface area (Å²) in [6.45, 7) is 2.59. The number of unbranched alkanes of at least 4 members (excludes halogenated alkanes) is 1. The summed E-state index contributed by atoms with van der Waals surface area (Å²) < 4.78 is 8.02. The molecule has 0 spiro atoms. The zero-order chi connectivity index (χ0) is 16.4. The standard InChI is InChI=1S/C16H17BrN4O2/c1-2-3-6-23-13(22)8-21-12-5-4-10(17)7-11(12)14-15(18)19-9-20-16(14)21/h4-5,7,9H,2-3,6,8H2,1H3,(H2,18,19,20). The second-order valence-corrected chi connectivity index (χ2v) is 6.19. The lowest BCUT2D eigenvalue weighted by Gasteiger charge is -2.07. The highest BCUT2D eigenvalue weighted by Gasteiger charge is 2.17. The average Bonchev–Trinajstić information content (AvgIpc) is 2.82. The smallest absolute Gasteiger partial charge is 0.326 e. The van der Waals surface area contributed by atoms with E-state index in [9.17, 15) is 4.79 Å². The van der Waals surface area contributed by atoms with E-state index in [0.717, 1.165) is 33.6 Å². The van der Waals surface area contributed by atoms with E-state index in [-0.39, 0.29) is 12.5 Å². The molecule has 3 aromatic rings. The molecule has 120 valence electrons. The van der Waals surface area contributed by atoms with Gasteiger partial charge >= 0.3 is 5.97 Å². The van der Waals surface area contributed by atoms with Gasteiger partial charge in [0.2, 0.25) is 0 Å². The molecule has 2 aromatic heterocycles. The maximum absolute atomic E-state index is 12.1. The van der Waals surface area contributed by atoms with E-state index in [0.29, 0.717) is 18.1 Å². The SMILES string of the molecule is CCCCOC(=O)Cn1c2ccc(Br)cc2c2c(N)ncnc21. The predicted octanol–water partition coefficient (Wildman–Crippen LogP) is 3.27. The average molecular weight is 377 g/mol. The molecule has 0 saturated heterocycles. The van der Waals surface area contributed by atoms with Gasteiger partial charge in [-0.1, -0.05) is 29.3 Å². The van der Waals surface area contributed by atoms with Gasteiger partial charge in [0.1, 0.15) is 24.3 Å². The van der Waals surface area contributed by atoms with Crippen LogP contribution in [-0.4, -0.2) is 27.1 Å². The van der Waals surface area contributed by atoms with Crippen molar-refractivity contribution in [1.82, 2.24) is 14.5 Å². The maximum atomic E-state index is 12.1. The van der Waals surface area contributed by atoms with Gasteiger partial charge < -0.3 is 15.0 Å². The van der Waals surface area contributed by atoms with E-state index >= 15 is 0 Å². The van der Waals surface area contributed by atoms with Crippen LogP contribution in [0, 0.1) is 0 Å². The number of fused-ring (bicyclic) bond motifs is 3. The molecule has 0 unspecified atom stereocenters. The Kier molecular flexibility index (Phi) is 4.47. The molecule has 2 N–H and O–H groups in total. The van der Waals surface area contributed by atoms with E-state index in [2.05, 4.69) is 32.8 Å². The van der Waals surface area contributed by atoms with E-state index < -0.39 is 0 Å². The number of rotatable bonds is 5. The van der Waals surface area contributed by atoms with Gasteiger partial charge in [0.05, 0.1) is 17.5 Å². The van der Waals surface area contributed by atoms with Crippen LogP contribution in [-0.2, 0) is 16.1 Å². The molecule has 2 heterocycles. The minimum absolute atomic E-state index is 0.0990. The Morgan fingerprint density at radius 2 is 2.22 bits per heavy atom. The molecule has 3 rings (SSSR count). The number of hydrogen-bond acceptors (Lipinski definition) is 5. The summed E-state index contributed by atoms with van der Waals surface area (Å²) in [4.78, 5) is 20.5. The molecule has 0 atom stereocenters. The molecule has 23 heavy (non-hydrogen) atoms. The zero-order valence-corrected chi connectivity index (χ0v) is 14.3. The van der Waals surface area contributed by atoms with Crippen molar-refractivity contribution in [1.29, 1.82) is 0 Å². The summed E-state index contributed by atoms with van der Waals surface area (Å²) in [6.07, 6.45) is 3.26. The summed E-state index contributed by atoms with van der Waals surface area (Å²) in [7, 11) is 0. The molecule has 0 aliphatic heterocycles. The van der Waals surface area contributed by atoms with Crippen molar-refractivity contribution in [2.45, 2.75) is 26.3 Å². The van der Waals surface area contributed by atoms with Crippen LogP contribution in [0.5, 0.6) is 0 Å². The lowest BCUT2D eigenvalue weighted by atomic mass is 10.2. The summed E-state index contributed by atoms with van der Waals surface area (Å²) in [5, 5.41) is 1.67. The lowest BCUT2D eigenvalue weighted by Crippen LogP contribution is -2.14. The molecule has 0 amide bonds. The second kappa shape index (κ2) is 6.54. The van der Waals surface area contributed by atoms with Crippen LogP contribution >= 0.6 is 15.9 Å².